The van der Waals surface area contributed by atoms with Crippen molar-refractivity contribution in [2.24, 2.45) is 0 Å². The Labute approximate surface area is 158 Å². The van der Waals surface area contributed by atoms with Gasteiger partial charge in [-0.3, -0.25) is 4.79 Å². The molecule has 0 aliphatic carbocycles. The van der Waals surface area contributed by atoms with E-state index in [4.69, 9.17) is 9.47 Å². The Hall–Kier alpha value is -3.47. The van der Waals surface area contributed by atoms with Crippen molar-refractivity contribution in [1.82, 2.24) is 0 Å². The average molecular weight is 362 g/mol. The molecule has 0 aromatic heterocycles. The summed E-state index contributed by atoms with van der Waals surface area (Å²) in [5.41, 5.74) is 1.64. The number of para-hydroxylation sites is 2. The molecule has 0 atom stereocenters. The number of carbonyl (C=O) groups excluding carboxylic acids is 1. The summed E-state index contributed by atoms with van der Waals surface area (Å²) in [4.78, 5) is 12.0. The Balaban J connectivity index is 1.37. The number of carbonyl (C=O) groups is 1. The van der Waals surface area contributed by atoms with Gasteiger partial charge in [0.15, 0.2) is 0 Å². The van der Waals surface area contributed by atoms with Gasteiger partial charge in [0.05, 0.1) is 6.54 Å². The molecule has 27 heavy (non-hydrogen) atoms. The number of rotatable bonds is 9. The maximum Gasteiger partial charge on any atom is 0.243 e. The molecule has 0 radical (unpaired) electrons. The summed E-state index contributed by atoms with van der Waals surface area (Å²) in [6.07, 6.45) is 0. The highest BCUT2D eigenvalue weighted by atomic mass is 16.5. The van der Waals surface area contributed by atoms with Gasteiger partial charge in [0.25, 0.3) is 0 Å². The molecule has 0 fully saturated rings. The average Bonchev–Trinajstić information content (AvgIpc) is 2.72. The summed E-state index contributed by atoms with van der Waals surface area (Å²) in [6.45, 7) is 1.12. The molecule has 2 N–H and O–H groups in total. The van der Waals surface area contributed by atoms with Crippen LogP contribution >= 0.6 is 0 Å². The fourth-order valence-electron chi connectivity index (χ4n) is 2.41. The first kappa shape index (κ1) is 18.3. The summed E-state index contributed by atoms with van der Waals surface area (Å²) in [5.74, 6) is 1.44. The zero-order chi connectivity index (χ0) is 18.7. The van der Waals surface area contributed by atoms with Crippen LogP contribution in [0.15, 0.2) is 84.9 Å². The lowest BCUT2D eigenvalue weighted by Crippen LogP contribution is -2.21. The normalized spacial score (nSPS) is 10.1. The van der Waals surface area contributed by atoms with Gasteiger partial charge in [-0.15, -0.1) is 0 Å². The van der Waals surface area contributed by atoms with Crippen LogP contribution in [-0.2, 0) is 4.79 Å². The van der Waals surface area contributed by atoms with Gasteiger partial charge in [-0.05, 0) is 48.5 Å². The van der Waals surface area contributed by atoms with E-state index in [0.29, 0.717) is 13.2 Å². The van der Waals surface area contributed by atoms with E-state index >= 15 is 0 Å². The van der Waals surface area contributed by atoms with Gasteiger partial charge in [-0.25, -0.2) is 0 Å². The summed E-state index contributed by atoms with van der Waals surface area (Å²) in [5, 5.41) is 5.92. The van der Waals surface area contributed by atoms with E-state index < -0.39 is 0 Å². The Morgan fingerprint density at radius 2 is 1.22 bits per heavy atom. The Kier molecular flexibility index (Phi) is 6.70. The zero-order valence-corrected chi connectivity index (χ0v) is 14.9. The van der Waals surface area contributed by atoms with E-state index in [1.807, 2.05) is 84.9 Å². The topological polar surface area (TPSA) is 59.6 Å². The van der Waals surface area contributed by atoms with Crippen LogP contribution in [0.2, 0.25) is 0 Å². The van der Waals surface area contributed by atoms with E-state index in [0.717, 1.165) is 22.9 Å². The van der Waals surface area contributed by atoms with Gasteiger partial charge in [0.2, 0.25) is 5.91 Å². The van der Waals surface area contributed by atoms with Crippen LogP contribution in [0.1, 0.15) is 0 Å². The van der Waals surface area contributed by atoms with Crippen molar-refractivity contribution >= 4 is 17.3 Å². The number of hydrogen-bond acceptors (Lipinski definition) is 4. The van der Waals surface area contributed by atoms with Crippen molar-refractivity contribution in [2.75, 3.05) is 30.4 Å². The summed E-state index contributed by atoms with van der Waals surface area (Å²) < 4.78 is 11.2. The molecular weight excluding hydrogens is 340 g/mol. The van der Waals surface area contributed by atoms with Crippen LogP contribution in [0.4, 0.5) is 11.4 Å². The Morgan fingerprint density at radius 1 is 0.667 bits per heavy atom. The Bertz CT molecular complexity index is 821. The molecule has 5 nitrogen and oxygen atoms in total. The van der Waals surface area contributed by atoms with Crippen molar-refractivity contribution in [1.29, 1.82) is 0 Å². The van der Waals surface area contributed by atoms with E-state index in [1.165, 1.54) is 0 Å². The monoisotopic (exact) mass is 362 g/mol. The largest absolute Gasteiger partial charge is 0.490 e. The smallest absolute Gasteiger partial charge is 0.243 e. The van der Waals surface area contributed by atoms with Crippen LogP contribution in [-0.4, -0.2) is 25.7 Å². The molecule has 0 saturated heterocycles. The lowest BCUT2D eigenvalue weighted by atomic mass is 10.3. The number of benzene rings is 3. The van der Waals surface area contributed by atoms with Crippen LogP contribution in [0.5, 0.6) is 11.5 Å². The first-order valence-electron chi connectivity index (χ1n) is 8.79. The highest BCUT2D eigenvalue weighted by Gasteiger charge is 2.03. The van der Waals surface area contributed by atoms with Gasteiger partial charge in [0.1, 0.15) is 24.7 Å². The molecule has 0 unspecified atom stereocenters. The number of anilines is 2. The van der Waals surface area contributed by atoms with Crippen LogP contribution in [0.3, 0.4) is 0 Å². The van der Waals surface area contributed by atoms with Crippen molar-refractivity contribution in [3.05, 3.63) is 84.9 Å². The van der Waals surface area contributed by atoms with Gasteiger partial charge in [-0.1, -0.05) is 36.4 Å². The third-order valence-corrected chi connectivity index (χ3v) is 3.73. The number of nitrogens with one attached hydrogen (secondary N) is 2. The van der Waals surface area contributed by atoms with Crippen LogP contribution in [0.25, 0.3) is 0 Å². The maximum atomic E-state index is 12.0. The molecule has 0 aliphatic heterocycles. The van der Waals surface area contributed by atoms with E-state index in [2.05, 4.69) is 10.6 Å². The highest BCUT2D eigenvalue weighted by molar-refractivity contribution is 5.93. The van der Waals surface area contributed by atoms with Crippen molar-refractivity contribution < 1.29 is 14.3 Å². The molecule has 3 rings (SSSR count). The highest BCUT2D eigenvalue weighted by Crippen LogP contribution is 2.16. The number of amides is 1. The second kappa shape index (κ2) is 9.87. The molecule has 138 valence electrons. The zero-order valence-electron chi connectivity index (χ0n) is 14.9. The number of hydrogen-bond donors (Lipinski definition) is 2. The third kappa shape index (κ3) is 6.40. The van der Waals surface area contributed by atoms with Crippen LogP contribution in [0, 0.1) is 0 Å². The van der Waals surface area contributed by atoms with Gasteiger partial charge in [0, 0.05) is 11.4 Å². The molecule has 0 spiro atoms. The second-order valence-corrected chi connectivity index (χ2v) is 5.80. The van der Waals surface area contributed by atoms with Gasteiger partial charge >= 0.3 is 0 Å². The minimum atomic E-state index is -0.108. The molecular formula is C22H22N2O3. The number of ether oxygens (including phenoxy) is 2. The maximum absolute atomic E-state index is 12.0. The Morgan fingerprint density at radius 3 is 1.85 bits per heavy atom. The second-order valence-electron chi connectivity index (χ2n) is 5.80. The van der Waals surface area contributed by atoms with Crippen molar-refractivity contribution in [3.63, 3.8) is 0 Å². The SMILES string of the molecule is O=C(CNc1ccccc1)Nc1ccc(OCCOc2ccccc2)cc1. The molecule has 5 heteroatoms. The molecule has 0 heterocycles. The molecule has 0 bridgehead atoms. The summed E-state index contributed by atoms with van der Waals surface area (Å²) >= 11 is 0. The minimum absolute atomic E-state index is 0.108. The minimum Gasteiger partial charge on any atom is -0.490 e. The van der Waals surface area contributed by atoms with Crippen molar-refractivity contribution in [2.45, 2.75) is 0 Å². The predicted molar refractivity (Wildman–Crippen MR) is 107 cm³/mol. The molecule has 3 aromatic rings. The van der Waals surface area contributed by atoms with Crippen LogP contribution < -0.4 is 20.1 Å². The van der Waals surface area contributed by atoms with Crippen molar-refractivity contribution in [3.8, 4) is 11.5 Å². The predicted octanol–water partition coefficient (Wildman–Crippen LogP) is 4.20. The van der Waals surface area contributed by atoms with Gasteiger partial charge < -0.3 is 20.1 Å². The summed E-state index contributed by atoms with van der Waals surface area (Å²) in [6, 6.07) is 26.5. The van der Waals surface area contributed by atoms with Gasteiger partial charge in [-0.2, -0.15) is 0 Å². The third-order valence-electron chi connectivity index (χ3n) is 3.73. The standard InChI is InChI=1S/C22H22N2O3/c25-22(17-23-18-7-3-1-4-8-18)24-19-11-13-21(14-12-19)27-16-15-26-20-9-5-2-6-10-20/h1-14,23H,15-17H2,(H,24,25). The quantitative estimate of drug-likeness (QED) is 0.560. The lowest BCUT2D eigenvalue weighted by molar-refractivity contribution is -0.114. The fourth-order valence-corrected chi connectivity index (χ4v) is 2.41. The van der Waals surface area contributed by atoms with E-state index in [-0.39, 0.29) is 12.5 Å². The van der Waals surface area contributed by atoms with E-state index in [9.17, 15) is 4.79 Å². The fraction of sp³-hybridized carbons (Fsp3) is 0.136. The first-order valence-corrected chi connectivity index (χ1v) is 8.79. The molecule has 1 amide bonds. The first-order chi connectivity index (χ1) is 13.3. The summed E-state index contributed by atoms with van der Waals surface area (Å²) in [7, 11) is 0. The van der Waals surface area contributed by atoms with E-state index in [1.54, 1.807) is 0 Å². The lowest BCUT2D eigenvalue weighted by Gasteiger charge is -2.10. The molecule has 0 saturated carbocycles. The molecule has 3 aromatic carbocycles. The molecule has 0 aliphatic rings.